The Morgan fingerprint density at radius 1 is 1.37 bits per heavy atom. The van der Waals surface area contributed by atoms with Gasteiger partial charge in [0.15, 0.2) is 6.61 Å². The van der Waals surface area contributed by atoms with Crippen LogP contribution in [-0.2, 0) is 6.42 Å². The van der Waals surface area contributed by atoms with Gasteiger partial charge < -0.3 is 4.74 Å². The van der Waals surface area contributed by atoms with E-state index in [2.05, 4.69) is 15.9 Å². The average molecular weight is 343 g/mol. The standard InChI is InChI=1S/C14H12BrFO2S/c1-2-10-4-6-14(19-10)12(17)8-18-13-5-3-9(16)7-11(13)15/h3-7H,2,8H2,1H3. The molecule has 100 valence electrons. The molecule has 5 heteroatoms. The van der Waals surface area contributed by atoms with Gasteiger partial charge in [0.05, 0.1) is 9.35 Å². The lowest BCUT2D eigenvalue weighted by atomic mass is 10.3. The molecule has 1 aromatic carbocycles. The van der Waals surface area contributed by atoms with E-state index in [4.69, 9.17) is 4.74 Å². The number of halogens is 2. The van der Waals surface area contributed by atoms with Crippen molar-refractivity contribution in [2.45, 2.75) is 13.3 Å². The number of benzene rings is 1. The molecule has 0 aliphatic rings. The molecule has 0 amide bonds. The Morgan fingerprint density at radius 2 is 2.16 bits per heavy atom. The number of Topliss-reactive ketones (excluding diaryl/α,β-unsaturated/α-hetero) is 1. The highest BCUT2D eigenvalue weighted by atomic mass is 79.9. The molecule has 0 aliphatic heterocycles. The molecule has 0 N–H and O–H groups in total. The van der Waals surface area contributed by atoms with Gasteiger partial charge in [0.1, 0.15) is 11.6 Å². The molecule has 0 radical (unpaired) electrons. The lowest BCUT2D eigenvalue weighted by Gasteiger charge is -2.06. The number of thiophene rings is 1. The number of aryl methyl sites for hydroxylation is 1. The van der Waals surface area contributed by atoms with Crippen molar-refractivity contribution in [2.75, 3.05) is 6.61 Å². The van der Waals surface area contributed by atoms with Crippen molar-refractivity contribution in [1.82, 2.24) is 0 Å². The fraction of sp³-hybridized carbons (Fsp3) is 0.214. The molecule has 0 spiro atoms. The number of carbonyl (C=O) groups excluding carboxylic acids is 1. The summed E-state index contributed by atoms with van der Waals surface area (Å²) in [5.41, 5.74) is 0. The maximum atomic E-state index is 12.9. The maximum absolute atomic E-state index is 12.9. The van der Waals surface area contributed by atoms with E-state index in [1.54, 1.807) is 0 Å². The lowest BCUT2D eigenvalue weighted by molar-refractivity contribution is 0.0925. The summed E-state index contributed by atoms with van der Waals surface area (Å²) in [4.78, 5) is 13.8. The monoisotopic (exact) mass is 342 g/mol. The summed E-state index contributed by atoms with van der Waals surface area (Å²) in [7, 11) is 0. The molecule has 2 aromatic rings. The first kappa shape index (κ1) is 14.2. The Labute approximate surface area is 123 Å². The van der Waals surface area contributed by atoms with Crippen LogP contribution in [0.2, 0.25) is 0 Å². The Hall–Kier alpha value is -1.20. The molecule has 0 fully saturated rings. The van der Waals surface area contributed by atoms with Crippen LogP contribution in [0, 0.1) is 5.82 Å². The van der Waals surface area contributed by atoms with E-state index < -0.39 is 0 Å². The second kappa shape index (κ2) is 6.30. The molecule has 2 rings (SSSR count). The molecule has 0 bridgehead atoms. The highest BCUT2D eigenvalue weighted by Crippen LogP contribution is 2.26. The number of rotatable bonds is 5. The van der Waals surface area contributed by atoms with Crippen LogP contribution >= 0.6 is 27.3 Å². The molecule has 1 aromatic heterocycles. The second-order valence-corrected chi connectivity index (χ2v) is 5.93. The van der Waals surface area contributed by atoms with Gasteiger partial charge in [0.2, 0.25) is 5.78 Å². The molecule has 1 heterocycles. The molecule has 0 atom stereocenters. The minimum atomic E-state index is -0.351. The van der Waals surface area contributed by atoms with Crippen LogP contribution in [0.15, 0.2) is 34.8 Å². The smallest absolute Gasteiger partial charge is 0.210 e. The number of carbonyl (C=O) groups is 1. The molecule has 0 aliphatic carbocycles. The van der Waals surface area contributed by atoms with Crippen molar-refractivity contribution in [3.05, 3.63) is 50.4 Å². The Bertz CT molecular complexity index is 595. The van der Waals surface area contributed by atoms with Crippen molar-refractivity contribution in [1.29, 1.82) is 0 Å². The van der Waals surface area contributed by atoms with Crippen LogP contribution in [0.1, 0.15) is 21.5 Å². The lowest BCUT2D eigenvalue weighted by Crippen LogP contribution is -2.10. The first-order valence-corrected chi connectivity index (χ1v) is 7.41. The van der Waals surface area contributed by atoms with E-state index in [1.165, 1.54) is 34.4 Å². The van der Waals surface area contributed by atoms with Gasteiger partial charge in [-0.15, -0.1) is 11.3 Å². The Balaban J connectivity index is 2.00. The van der Waals surface area contributed by atoms with Crippen LogP contribution in [0.4, 0.5) is 4.39 Å². The average Bonchev–Trinajstić information content (AvgIpc) is 2.86. The molecule has 0 saturated heterocycles. The molecule has 19 heavy (non-hydrogen) atoms. The summed E-state index contributed by atoms with van der Waals surface area (Å²) in [6.07, 6.45) is 0.919. The zero-order valence-electron chi connectivity index (χ0n) is 10.3. The summed E-state index contributed by atoms with van der Waals surface area (Å²) in [5.74, 6) is 0.0411. The van der Waals surface area contributed by atoms with Crippen LogP contribution in [-0.4, -0.2) is 12.4 Å². The largest absolute Gasteiger partial charge is 0.484 e. The van der Waals surface area contributed by atoms with E-state index in [1.807, 2.05) is 19.1 Å². The van der Waals surface area contributed by atoms with Crippen molar-refractivity contribution in [3.63, 3.8) is 0 Å². The normalized spacial score (nSPS) is 10.5. The second-order valence-electron chi connectivity index (χ2n) is 3.91. The minimum absolute atomic E-state index is 0.0477. The predicted octanol–water partition coefficient (Wildman–Crippen LogP) is 4.47. The van der Waals surface area contributed by atoms with Gasteiger partial charge in [-0.25, -0.2) is 4.39 Å². The first-order chi connectivity index (χ1) is 9.10. The van der Waals surface area contributed by atoms with E-state index in [9.17, 15) is 9.18 Å². The van der Waals surface area contributed by atoms with Crippen LogP contribution in [0.5, 0.6) is 5.75 Å². The third-order valence-electron chi connectivity index (χ3n) is 2.54. The highest BCUT2D eigenvalue weighted by molar-refractivity contribution is 9.10. The van der Waals surface area contributed by atoms with E-state index in [0.717, 1.165) is 6.42 Å². The number of ether oxygens (including phenoxy) is 1. The number of ketones is 1. The Morgan fingerprint density at radius 3 is 2.79 bits per heavy atom. The minimum Gasteiger partial charge on any atom is -0.484 e. The molecular weight excluding hydrogens is 331 g/mol. The van der Waals surface area contributed by atoms with Gasteiger partial charge in [-0.1, -0.05) is 6.92 Å². The fourth-order valence-corrected chi connectivity index (χ4v) is 2.86. The van der Waals surface area contributed by atoms with Crippen molar-refractivity contribution >= 4 is 33.0 Å². The summed E-state index contributed by atoms with van der Waals surface area (Å²) in [5, 5.41) is 0. The summed E-state index contributed by atoms with van der Waals surface area (Å²) >= 11 is 4.68. The number of hydrogen-bond donors (Lipinski definition) is 0. The zero-order chi connectivity index (χ0) is 13.8. The van der Waals surface area contributed by atoms with Crippen molar-refractivity contribution < 1.29 is 13.9 Å². The third kappa shape index (κ3) is 3.64. The highest BCUT2D eigenvalue weighted by Gasteiger charge is 2.11. The van der Waals surface area contributed by atoms with Gasteiger partial charge in [0, 0.05) is 4.88 Å². The van der Waals surface area contributed by atoms with Gasteiger partial charge in [0.25, 0.3) is 0 Å². The van der Waals surface area contributed by atoms with Crippen LogP contribution < -0.4 is 4.74 Å². The van der Waals surface area contributed by atoms with E-state index in [-0.39, 0.29) is 18.2 Å². The van der Waals surface area contributed by atoms with E-state index in [0.29, 0.717) is 15.1 Å². The summed E-state index contributed by atoms with van der Waals surface area (Å²) in [6.45, 7) is 2.00. The van der Waals surface area contributed by atoms with Gasteiger partial charge in [-0.3, -0.25) is 4.79 Å². The topological polar surface area (TPSA) is 26.3 Å². The first-order valence-electron chi connectivity index (χ1n) is 5.80. The van der Waals surface area contributed by atoms with Crippen LogP contribution in [0.3, 0.4) is 0 Å². The summed E-state index contributed by atoms with van der Waals surface area (Å²) in [6, 6.07) is 7.87. The SMILES string of the molecule is CCc1ccc(C(=O)COc2ccc(F)cc2Br)s1. The zero-order valence-corrected chi connectivity index (χ0v) is 12.7. The molecular formula is C14H12BrFO2S. The summed E-state index contributed by atoms with van der Waals surface area (Å²) < 4.78 is 18.8. The van der Waals surface area contributed by atoms with Crippen LogP contribution in [0.25, 0.3) is 0 Å². The fourth-order valence-electron chi connectivity index (χ4n) is 1.52. The molecule has 0 unspecified atom stereocenters. The van der Waals surface area contributed by atoms with Gasteiger partial charge >= 0.3 is 0 Å². The van der Waals surface area contributed by atoms with Crippen molar-refractivity contribution in [2.24, 2.45) is 0 Å². The molecule has 0 saturated carbocycles. The number of hydrogen-bond acceptors (Lipinski definition) is 3. The van der Waals surface area contributed by atoms with Gasteiger partial charge in [-0.05, 0) is 52.7 Å². The van der Waals surface area contributed by atoms with E-state index >= 15 is 0 Å². The predicted molar refractivity (Wildman–Crippen MR) is 77.6 cm³/mol. The van der Waals surface area contributed by atoms with Crippen molar-refractivity contribution in [3.8, 4) is 5.75 Å². The quantitative estimate of drug-likeness (QED) is 0.749. The maximum Gasteiger partial charge on any atom is 0.210 e. The molecule has 2 nitrogen and oxygen atoms in total. The third-order valence-corrected chi connectivity index (χ3v) is 4.43. The van der Waals surface area contributed by atoms with Gasteiger partial charge in [-0.2, -0.15) is 0 Å². The Kier molecular flexibility index (Phi) is 4.71.